The molecule has 0 radical (unpaired) electrons. The molecule has 0 saturated carbocycles. The lowest BCUT2D eigenvalue weighted by molar-refractivity contribution is 0.137. The fourth-order valence-corrected chi connectivity index (χ4v) is 3.22. The zero-order valence-electron chi connectivity index (χ0n) is 12.1. The molecule has 0 spiro atoms. The molecule has 5 heteroatoms. The van der Waals surface area contributed by atoms with Crippen LogP contribution in [0.5, 0.6) is 0 Å². The largest absolute Gasteiger partial charge is 0.383 e. The number of hydrogen-bond donors (Lipinski definition) is 1. The monoisotopic (exact) mass is 283 g/mol. The van der Waals surface area contributed by atoms with Gasteiger partial charge < -0.3 is 15.0 Å². The van der Waals surface area contributed by atoms with Crippen molar-refractivity contribution in [1.82, 2.24) is 10.3 Å². The van der Waals surface area contributed by atoms with Crippen molar-refractivity contribution in [2.24, 2.45) is 5.92 Å². The van der Waals surface area contributed by atoms with Crippen molar-refractivity contribution in [3.8, 4) is 0 Å². The molecule has 1 aromatic rings. The van der Waals surface area contributed by atoms with E-state index < -0.39 is 0 Å². The molecule has 0 unspecified atom stereocenters. The Morgan fingerprint density at radius 2 is 2.21 bits per heavy atom. The number of hydrogen-bond acceptors (Lipinski definition) is 5. The van der Waals surface area contributed by atoms with E-state index in [1.165, 1.54) is 12.8 Å². The van der Waals surface area contributed by atoms with E-state index in [9.17, 15) is 0 Å². The van der Waals surface area contributed by atoms with Crippen molar-refractivity contribution in [1.29, 1.82) is 0 Å². The van der Waals surface area contributed by atoms with Crippen molar-refractivity contribution in [2.45, 2.75) is 38.8 Å². The molecular weight excluding hydrogens is 258 g/mol. The lowest BCUT2D eigenvalue weighted by Gasteiger charge is -2.35. The maximum Gasteiger partial charge on any atom is 0.185 e. The van der Waals surface area contributed by atoms with Crippen LogP contribution in [0, 0.1) is 5.92 Å². The van der Waals surface area contributed by atoms with Gasteiger partial charge in [-0.15, -0.1) is 11.3 Å². The van der Waals surface area contributed by atoms with Crippen LogP contribution >= 0.6 is 11.3 Å². The predicted molar refractivity (Wildman–Crippen MR) is 81.0 cm³/mol. The molecule has 1 saturated heterocycles. The van der Waals surface area contributed by atoms with E-state index in [1.54, 1.807) is 18.4 Å². The third-order valence-electron chi connectivity index (χ3n) is 3.79. The Bertz CT molecular complexity index is 348. The van der Waals surface area contributed by atoms with Gasteiger partial charge in [-0.2, -0.15) is 0 Å². The number of rotatable bonds is 6. The summed E-state index contributed by atoms with van der Waals surface area (Å²) in [5.74, 6) is 0.608. The first kappa shape index (κ1) is 14.8. The molecule has 0 bridgehead atoms. The molecule has 0 aromatic carbocycles. The first-order chi connectivity index (χ1) is 9.20. The molecule has 1 atom stereocenters. The van der Waals surface area contributed by atoms with Gasteiger partial charge in [0.15, 0.2) is 5.13 Å². The fraction of sp³-hybridized carbons (Fsp3) is 0.786. The van der Waals surface area contributed by atoms with E-state index in [-0.39, 0.29) is 0 Å². The molecule has 0 aliphatic carbocycles. The van der Waals surface area contributed by atoms with E-state index >= 15 is 0 Å². The minimum atomic E-state index is 0.460. The summed E-state index contributed by atoms with van der Waals surface area (Å²) in [5, 5.41) is 6.96. The molecule has 1 aromatic heterocycles. The molecule has 1 N–H and O–H groups in total. The quantitative estimate of drug-likeness (QED) is 0.870. The second kappa shape index (κ2) is 7.22. The highest BCUT2D eigenvalue weighted by Crippen LogP contribution is 2.22. The highest BCUT2D eigenvalue weighted by atomic mass is 32.1. The van der Waals surface area contributed by atoms with E-state index in [0.29, 0.717) is 18.0 Å². The Morgan fingerprint density at radius 3 is 2.74 bits per heavy atom. The maximum atomic E-state index is 5.31. The minimum Gasteiger partial charge on any atom is -0.383 e. The highest BCUT2D eigenvalue weighted by Gasteiger charge is 2.23. The number of anilines is 1. The first-order valence-corrected chi connectivity index (χ1v) is 7.98. The predicted octanol–water partition coefficient (Wildman–Crippen LogP) is 2.37. The number of thiazole rings is 1. The molecule has 108 valence electrons. The summed E-state index contributed by atoms with van der Waals surface area (Å²) in [7, 11) is 1.78. The van der Waals surface area contributed by atoms with Crippen molar-refractivity contribution in [2.75, 3.05) is 31.7 Å². The molecule has 4 nitrogen and oxygen atoms in total. The Morgan fingerprint density at radius 1 is 1.47 bits per heavy atom. The van der Waals surface area contributed by atoms with Crippen LogP contribution < -0.4 is 10.2 Å². The lowest BCUT2D eigenvalue weighted by atomic mass is 10.00. The van der Waals surface area contributed by atoms with Crippen LogP contribution in [-0.4, -0.2) is 43.9 Å². The molecule has 0 amide bonds. The first-order valence-electron chi connectivity index (χ1n) is 7.10. The van der Waals surface area contributed by atoms with Crippen molar-refractivity contribution >= 4 is 16.5 Å². The van der Waals surface area contributed by atoms with Gasteiger partial charge >= 0.3 is 0 Å². The highest BCUT2D eigenvalue weighted by molar-refractivity contribution is 7.13. The number of methoxy groups -OCH3 is 1. The van der Waals surface area contributed by atoms with Crippen molar-refractivity contribution < 1.29 is 4.74 Å². The van der Waals surface area contributed by atoms with Gasteiger partial charge in [0.2, 0.25) is 0 Å². The van der Waals surface area contributed by atoms with E-state index in [0.717, 1.165) is 24.8 Å². The summed E-state index contributed by atoms with van der Waals surface area (Å²) < 4.78 is 5.31. The summed E-state index contributed by atoms with van der Waals surface area (Å²) in [4.78, 5) is 6.78. The van der Waals surface area contributed by atoms with E-state index in [1.807, 2.05) is 11.6 Å². The summed E-state index contributed by atoms with van der Waals surface area (Å²) in [6, 6.07) is 1.07. The van der Waals surface area contributed by atoms with Crippen LogP contribution in [-0.2, 0) is 4.74 Å². The van der Waals surface area contributed by atoms with Gasteiger partial charge in [0.25, 0.3) is 0 Å². The lowest BCUT2D eigenvalue weighted by Crippen LogP contribution is -2.49. The molecular formula is C14H25N3OS. The number of aromatic nitrogens is 1. The topological polar surface area (TPSA) is 37.4 Å². The molecule has 1 aliphatic heterocycles. The van der Waals surface area contributed by atoms with Crippen LogP contribution in [0.3, 0.4) is 0 Å². The van der Waals surface area contributed by atoms with Crippen LogP contribution in [0.25, 0.3) is 0 Å². The van der Waals surface area contributed by atoms with Gasteiger partial charge in [0, 0.05) is 43.9 Å². The van der Waals surface area contributed by atoms with Crippen LogP contribution in [0.2, 0.25) is 0 Å². The Hall–Kier alpha value is -0.650. The third-order valence-corrected chi connectivity index (χ3v) is 4.62. The SMILES string of the molecule is COC[C@H](NC1CCN(c2nccs2)CC1)C(C)C. The Labute approximate surface area is 120 Å². The summed E-state index contributed by atoms with van der Waals surface area (Å²) in [5.41, 5.74) is 0. The Kier molecular flexibility index (Phi) is 5.60. The van der Waals surface area contributed by atoms with Crippen molar-refractivity contribution in [3.63, 3.8) is 0 Å². The minimum absolute atomic E-state index is 0.460. The third kappa shape index (κ3) is 4.16. The van der Waals surface area contributed by atoms with Crippen molar-refractivity contribution in [3.05, 3.63) is 11.6 Å². The van der Waals surface area contributed by atoms with Gasteiger partial charge in [-0.3, -0.25) is 0 Å². The number of ether oxygens (including phenoxy) is 1. The number of nitrogens with zero attached hydrogens (tertiary/aromatic N) is 2. The van der Waals surface area contributed by atoms with E-state index in [4.69, 9.17) is 4.74 Å². The normalized spacial score (nSPS) is 19.1. The molecule has 1 fully saturated rings. The number of piperidine rings is 1. The van der Waals surface area contributed by atoms with Gasteiger partial charge in [-0.05, 0) is 18.8 Å². The molecule has 2 rings (SSSR count). The van der Waals surface area contributed by atoms with Crippen LogP contribution in [0.1, 0.15) is 26.7 Å². The zero-order valence-corrected chi connectivity index (χ0v) is 12.9. The number of nitrogens with one attached hydrogen (secondary N) is 1. The smallest absolute Gasteiger partial charge is 0.185 e. The average Bonchev–Trinajstić information content (AvgIpc) is 2.93. The van der Waals surface area contributed by atoms with Crippen LogP contribution in [0.4, 0.5) is 5.13 Å². The summed E-state index contributed by atoms with van der Waals surface area (Å²) in [6.45, 7) is 7.50. The second-order valence-electron chi connectivity index (χ2n) is 5.55. The van der Waals surface area contributed by atoms with Gasteiger partial charge in [0.05, 0.1) is 6.61 Å². The molecule has 1 aliphatic rings. The van der Waals surface area contributed by atoms with Gasteiger partial charge in [-0.25, -0.2) is 4.98 Å². The van der Waals surface area contributed by atoms with Gasteiger partial charge in [-0.1, -0.05) is 13.8 Å². The van der Waals surface area contributed by atoms with Gasteiger partial charge in [0.1, 0.15) is 0 Å². The second-order valence-corrected chi connectivity index (χ2v) is 6.42. The zero-order chi connectivity index (χ0) is 13.7. The summed E-state index contributed by atoms with van der Waals surface area (Å²) in [6.07, 6.45) is 4.26. The summed E-state index contributed by atoms with van der Waals surface area (Å²) >= 11 is 1.73. The molecule has 2 heterocycles. The maximum absolute atomic E-state index is 5.31. The average molecular weight is 283 g/mol. The van der Waals surface area contributed by atoms with Crippen LogP contribution in [0.15, 0.2) is 11.6 Å². The van der Waals surface area contributed by atoms with E-state index in [2.05, 4.69) is 29.0 Å². The fourth-order valence-electron chi connectivity index (χ4n) is 2.52. The molecule has 19 heavy (non-hydrogen) atoms. The standard InChI is InChI=1S/C14H25N3OS/c1-11(2)13(10-18-3)16-12-4-7-17(8-5-12)14-15-6-9-19-14/h6,9,11-13,16H,4-5,7-8,10H2,1-3H3/t13-/m0/s1. The Balaban J connectivity index is 1.79.